The Bertz CT molecular complexity index is 484. The molecule has 1 aromatic carbocycles. The topological polar surface area (TPSA) is 71.9 Å². The Morgan fingerprint density at radius 2 is 2.05 bits per heavy atom. The van der Waals surface area contributed by atoms with Gasteiger partial charge in [0.1, 0.15) is 13.1 Å². The Morgan fingerprint density at radius 1 is 1.30 bits per heavy atom. The van der Waals surface area contributed by atoms with E-state index in [-0.39, 0.29) is 11.8 Å². The van der Waals surface area contributed by atoms with Gasteiger partial charge in [0.2, 0.25) is 0 Å². The summed E-state index contributed by atoms with van der Waals surface area (Å²) in [7, 11) is 1.58. The van der Waals surface area contributed by atoms with E-state index in [0.717, 1.165) is 13.1 Å². The molecular formula is C14H20N3O3+. The number of anilines is 1. The first kappa shape index (κ1) is 14.5. The largest absolute Gasteiger partial charge is 0.370 e. The molecule has 1 aromatic rings. The summed E-state index contributed by atoms with van der Waals surface area (Å²) < 4.78 is 5.26. The van der Waals surface area contributed by atoms with Gasteiger partial charge in [-0.3, -0.25) is 9.59 Å². The van der Waals surface area contributed by atoms with Gasteiger partial charge < -0.3 is 20.3 Å². The van der Waals surface area contributed by atoms with Crippen molar-refractivity contribution in [3.05, 3.63) is 29.8 Å². The average Bonchev–Trinajstić information content (AvgIpc) is 2.47. The van der Waals surface area contributed by atoms with Crippen molar-refractivity contribution in [3.8, 4) is 0 Å². The lowest BCUT2D eigenvalue weighted by Crippen LogP contribution is -3.15. The first-order valence-corrected chi connectivity index (χ1v) is 6.72. The summed E-state index contributed by atoms with van der Waals surface area (Å²) in [5.41, 5.74) is 1.17. The quantitative estimate of drug-likeness (QED) is 0.655. The molecular weight excluding hydrogens is 258 g/mol. The Kier molecular flexibility index (Phi) is 5.09. The number of carbonyl (C=O) groups excluding carboxylic acids is 2. The van der Waals surface area contributed by atoms with E-state index in [0.29, 0.717) is 31.0 Å². The van der Waals surface area contributed by atoms with Crippen LogP contribution < -0.4 is 15.5 Å². The third-order valence-electron chi connectivity index (χ3n) is 3.25. The molecule has 6 heteroatoms. The highest BCUT2D eigenvalue weighted by Crippen LogP contribution is 2.10. The minimum absolute atomic E-state index is 0.0454. The summed E-state index contributed by atoms with van der Waals surface area (Å²) in [5, 5.41) is 5.39. The predicted octanol–water partition coefficient (Wildman–Crippen LogP) is -1.10. The first-order chi connectivity index (χ1) is 9.69. The molecule has 1 aliphatic heterocycles. The van der Waals surface area contributed by atoms with E-state index < -0.39 is 0 Å². The zero-order valence-electron chi connectivity index (χ0n) is 11.6. The van der Waals surface area contributed by atoms with Crippen LogP contribution >= 0.6 is 0 Å². The van der Waals surface area contributed by atoms with Crippen molar-refractivity contribution in [2.45, 2.75) is 0 Å². The third-order valence-corrected chi connectivity index (χ3v) is 3.25. The lowest BCUT2D eigenvalue weighted by Gasteiger charge is -2.23. The van der Waals surface area contributed by atoms with Crippen molar-refractivity contribution in [3.63, 3.8) is 0 Å². The van der Waals surface area contributed by atoms with E-state index in [1.165, 1.54) is 4.90 Å². The lowest BCUT2D eigenvalue weighted by molar-refractivity contribution is -0.899. The van der Waals surface area contributed by atoms with Gasteiger partial charge in [0, 0.05) is 18.3 Å². The number of nitrogens with one attached hydrogen (secondary N) is 3. The second kappa shape index (κ2) is 7.02. The number of morpholine rings is 1. The maximum absolute atomic E-state index is 12.0. The fraction of sp³-hybridized carbons (Fsp3) is 0.429. The molecule has 1 aliphatic rings. The maximum Gasteiger partial charge on any atom is 0.279 e. The summed E-state index contributed by atoms with van der Waals surface area (Å²) in [5.74, 6) is -0.212. The van der Waals surface area contributed by atoms with E-state index in [9.17, 15) is 9.59 Å². The second-order valence-corrected chi connectivity index (χ2v) is 4.75. The molecule has 0 aromatic heterocycles. The zero-order chi connectivity index (χ0) is 14.4. The fourth-order valence-corrected chi connectivity index (χ4v) is 2.15. The third kappa shape index (κ3) is 4.04. The van der Waals surface area contributed by atoms with E-state index >= 15 is 0 Å². The SMILES string of the molecule is CNC(=O)c1cccc(NC(=O)C[NH+]2CCOCC2)c1. The smallest absolute Gasteiger partial charge is 0.279 e. The van der Waals surface area contributed by atoms with Gasteiger partial charge >= 0.3 is 0 Å². The summed E-state index contributed by atoms with van der Waals surface area (Å²) in [6.45, 7) is 3.54. The predicted molar refractivity (Wildman–Crippen MR) is 74.8 cm³/mol. The molecule has 20 heavy (non-hydrogen) atoms. The van der Waals surface area contributed by atoms with Crippen LogP contribution in [0.5, 0.6) is 0 Å². The number of ether oxygens (including phenoxy) is 1. The first-order valence-electron chi connectivity index (χ1n) is 6.72. The molecule has 0 aliphatic carbocycles. The van der Waals surface area contributed by atoms with E-state index in [1.807, 2.05) is 0 Å². The van der Waals surface area contributed by atoms with Crippen LogP contribution in [0.1, 0.15) is 10.4 Å². The van der Waals surface area contributed by atoms with Gasteiger partial charge in [0.05, 0.1) is 13.2 Å². The molecule has 2 amide bonds. The summed E-state index contributed by atoms with van der Waals surface area (Å²) in [6, 6.07) is 6.91. The minimum atomic E-state index is -0.167. The Labute approximate surface area is 118 Å². The minimum Gasteiger partial charge on any atom is -0.370 e. The Balaban J connectivity index is 1.91. The number of benzene rings is 1. The molecule has 1 heterocycles. The highest BCUT2D eigenvalue weighted by molar-refractivity contribution is 5.97. The van der Waals surface area contributed by atoms with Gasteiger partial charge in [0.25, 0.3) is 11.8 Å². The Hall–Kier alpha value is -1.92. The summed E-state index contributed by atoms with van der Waals surface area (Å²) >= 11 is 0. The standard InChI is InChI=1S/C14H19N3O3/c1-15-14(19)11-3-2-4-12(9-11)16-13(18)10-17-5-7-20-8-6-17/h2-4,9H,5-8,10H2,1H3,(H,15,19)(H,16,18)/p+1. The van der Waals surface area contributed by atoms with Crippen molar-refractivity contribution in [2.24, 2.45) is 0 Å². The molecule has 0 radical (unpaired) electrons. The van der Waals surface area contributed by atoms with Gasteiger partial charge in [-0.1, -0.05) is 6.07 Å². The number of amides is 2. The highest BCUT2D eigenvalue weighted by atomic mass is 16.5. The molecule has 0 bridgehead atoms. The number of quaternary nitrogens is 1. The van der Waals surface area contributed by atoms with Crippen LogP contribution in [-0.2, 0) is 9.53 Å². The van der Waals surface area contributed by atoms with E-state index in [1.54, 1.807) is 31.3 Å². The molecule has 0 atom stereocenters. The van der Waals surface area contributed by atoms with Gasteiger partial charge in [-0.25, -0.2) is 0 Å². The highest BCUT2D eigenvalue weighted by Gasteiger charge is 2.17. The van der Waals surface area contributed by atoms with Crippen LogP contribution in [0.25, 0.3) is 0 Å². The number of hydrogen-bond acceptors (Lipinski definition) is 3. The lowest BCUT2D eigenvalue weighted by atomic mass is 10.2. The van der Waals surface area contributed by atoms with Crippen molar-refractivity contribution >= 4 is 17.5 Å². The van der Waals surface area contributed by atoms with Gasteiger partial charge in [-0.2, -0.15) is 0 Å². The van der Waals surface area contributed by atoms with Gasteiger partial charge in [-0.05, 0) is 18.2 Å². The molecule has 0 saturated carbocycles. The fourth-order valence-electron chi connectivity index (χ4n) is 2.15. The van der Waals surface area contributed by atoms with E-state index in [4.69, 9.17) is 4.74 Å². The molecule has 1 saturated heterocycles. The summed E-state index contributed by atoms with van der Waals surface area (Å²) in [6.07, 6.45) is 0. The molecule has 2 rings (SSSR count). The van der Waals surface area contributed by atoms with Gasteiger partial charge in [0.15, 0.2) is 6.54 Å². The number of hydrogen-bond donors (Lipinski definition) is 3. The van der Waals surface area contributed by atoms with Crippen molar-refractivity contribution in [1.82, 2.24) is 5.32 Å². The van der Waals surface area contributed by atoms with Crippen molar-refractivity contribution in [2.75, 3.05) is 45.2 Å². The van der Waals surface area contributed by atoms with Crippen LogP contribution in [-0.4, -0.2) is 51.7 Å². The van der Waals surface area contributed by atoms with Crippen LogP contribution in [0.2, 0.25) is 0 Å². The van der Waals surface area contributed by atoms with Crippen LogP contribution in [0, 0.1) is 0 Å². The monoisotopic (exact) mass is 278 g/mol. The van der Waals surface area contributed by atoms with Gasteiger partial charge in [-0.15, -0.1) is 0 Å². The molecule has 3 N–H and O–H groups in total. The second-order valence-electron chi connectivity index (χ2n) is 4.75. The normalized spacial score (nSPS) is 15.7. The van der Waals surface area contributed by atoms with Crippen molar-refractivity contribution < 1.29 is 19.2 Å². The molecule has 6 nitrogen and oxygen atoms in total. The number of rotatable bonds is 4. The van der Waals surface area contributed by atoms with Crippen LogP contribution in [0.4, 0.5) is 5.69 Å². The maximum atomic E-state index is 12.0. The van der Waals surface area contributed by atoms with Crippen LogP contribution in [0.15, 0.2) is 24.3 Å². The van der Waals surface area contributed by atoms with Crippen molar-refractivity contribution in [1.29, 1.82) is 0 Å². The van der Waals surface area contributed by atoms with E-state index in [2.05, 4.69) is 10.6 Å². The molecule has 0 spiro atoms. The van der Waals surface area contributed by atoms with Crippen LogP contribution in [0.3, 0.4) is 0 Å². The number of carbonyl (C=O) groups is 2. The average molecular weight is 278 g/mol. The molecule has 0 unspecified atom stereocenters. The summed E-state index contributed by atoms with van der Waals surface area (Å²) in [4.78, 5) is 24.7. The molecule has 108 valence electrons. The zero-order valence-corrected chi connectivity index (χ0v) is 11.6. The molecule has 1 fully saturated rings. The Morgan fingerprint density at radius 3 is 2.75 bits per heavy atom.